The van der Waals surface area contributed by atoms with E-state index in [4.69, 9.17) is 94.7 Å². The molecule has 0 bridgehead atoms. The van der Waals surface area contributed by atoms with Gasteiger partial charge in [-0.2, -0.15) is 0 Å². The van der Waals surface area contributed by atoms with Crippen molar-refractivity contribution < 1.29 is 114 Å². The van der Waals surface area contributed by atoms with Gasteiger partial charge in [0.2, 0.25) is 0 Å². The lowest BCUT2D eigenvalue weighted by Gasteiger charge is -2.33. The number of fused-ring (bicyclic) bond motifs is 2. The van der Waals surface area contributed by atoms with Crippen molar-refractivity contribution in [2.75, 3.05) is 197 Å². The van der Waals surface area contributed by atoms with E-state index >= 15 is 19.2 Å². The maximum atomic E-state index is 16.6. The molecular weight excluding hydrogens is 1470 g/mol. The van der Waals surface area contributed by atoms with Gasteiger partial charge in [-0.1, -0.05) is 84.9 Å². The molecule has 26 heteroatoms. The summed E-state index contributed by atoms with van der Waals surface area (Å²) in [6.45, 7) is 5.85. The lowest BCUT2D eigenvalue weighted by atomic mass is 9.80. The minimum atomic E-state index is -0.789. The largest absolute Gasteiger partial charge is 0.489 e. The highest BCUT2D eigenvalue weighted by molar-refractivity contribution is 6.48. The number of rotatable bonds is 50. The number of ether oxygens (including phenoxy) is 20. The Balaban J connectivity index is 1.03. The molecule has 0 atom stereocenters. The monoisotopic (exact) mass is 1560 g/mol. The van der Waals surface area contributed by atoms with Crippen molar-refractivity contribution in [2.24, 2.45) is 0 Å². The van der Waals surface area contributed by atoms with Crippen LogP contribution in [-0.2, 0) is 56.8 Å². The molecule has 26 nitrogen and oxygen atoms in total. The molecular formula is C88H90N2O24. The van der Waals surface area contributed by atoms with Gasteiger partial charge in [-0.3, -0.25) is 19.2 Å². The first-order valence-corrected chi connectivity index (χ1v) is 37.6. The second-order valence-electron chi connectivity index (χ2n) is 25.7. The molecule has 11 aromatic carbocycles. The van der Waals surface area contributed by atoms with Crippen LogP contribution in [0.3, 0.4) is 0 Å². The SMILES string of the molecule is COCCOCCOCCOc1cccc(OCCOCCOCCOC)c1N1C(=O)c2cc(Oc3ccccc3)c3c4c(Oc5ccccc5)cc5c6c(cc(Oc7ccccc7)c(c7c(Oc8ccccc8)cc(c2c37)C1=O)c64)C(=O)N(c1c(OCCOCCOCCOC)cccc1OCCOCCOCCOC)C5=O. The fourth-order valence-corrected chi connectivity index (χ4v) is 13.3. The number of methoxy groups -OCH3 is 4. The Morgan fingerprint density at radius 1 is 0.211 bits per heavy atom. The normalized spacial score (nSPS) is 12.6. The standard InChI is InChI=1S/C88H90N2O24/c1-95-31-35-99-39-43-103-47-51-107-67-27-17-28-68(108-52-48-104-44-40-100-36-32-96-2)83(67)89-85(91)63-55-71(111-59-19-9-5-10-20-59)77-79-73(113-61-23-13-7-14-24-61)57-65-76-66(58-74(114-62-25-15-8-16-26-62)80(82(76)79)78-72(112-60-21-11-6-12-22-60)56-64(86(89)92)75(63)81(77)78)88(94)90(87(65)93)84-69(109-53-49-105-45-41-101-37-33-97-3)29-18-30-70(84)110-54-50-106-46-42-102-38-34-98-4/h5-30,55-58H,31-54H2,1-4H3. The summed E-state index contributed by atoms with van der Waals surface area (Å²) in [7, 11) is 6.38. The predicted octanol–water partition coefficient (Wildman–Crippen LogP) is 14.7. The molecule has 2 aliphatic rings. The Bertz CT molecular complexity index is 4410. The van der Waals surface area contributed by atoms with E-state index in [0.29, 0.717) is 124 Å². The van der Waals surface area contributed by atoms with Gasteiger partial charge in [-0.15, -0.1) is 0 Å². The van der Waals surface area contributed by atoms with Crippen molar-refractivity contribution in [3.05, 3.63) is 204 Å². The van der Waals surface area contributed by atoms with Crippen LogP contribution in [-0.4, -0.2) is 211 Å². The Labute approximate surface area is 659 Å². The fraction of sp³-hybridized carbons (Fsp3) is 0.318. The third kappa shape index (κ3) is 19.2. The Morgan fingerprint density at radius 3 is 0.623 bits per heavy atom. The van der Waals surface area contributed by atoms with Crippen LogP contribution < -0.4 is 47.7 Å². The minimum Gasteiger partial charge on any atom is -0.489 e. The average molecular weight is 1560 g/mol. The molecule has 0 radical (unpaired) electrons. The molecule has 13 rings (SSSR count). The van der Waals surface area contributed by atoms with Crippen LogP contribution in [0.4, 0.5) is 11.4 Å². The zero-order valence-electron chi connectivity index (χ0n) is 64.0. The van der Waals surface area contributed by atoms with Gasteiger partial charge in [0.05, 0.1) is 154 Å². The lowest BCUT2D eigenvalue weighted by Crippen LogP contribution is -2.41. The molecule has 4 amide bonds. The summed E-state index contributed by atoms with van der Waals surface area (Å²) in [6, 6.07) is 52.3. The van der Waals surface area contributed by atoms with E-state index in [-0.39, 0.29) is 180 Å². The van der Waals surface area contributed by atoms with Crippen LogP contribution in [0.1, 0.15) is 41.4 Å². The Hall–Kier alpha value is -11.1. The van der Waals surface area contributed by atoms with Gasteiger partial charge in [-0.05, 0) is 97.1 Å². The number of hydrogen-bond acceptors (Lipinski definition) is 24. The fourth-order valence-electron chi connectivity index (χ4n) is 13.3. The highest BCUT2D eigenvalue weighted by Gasteiger charge is 2.45. The van der Waals surface area contributed by atoms with Gasteiger partial charge >= 0.3 is 0 Å². The van der Waals surface area contributed by atoms with Gasteiger partial charge in [-0.25, -0.2) is 9.80 Å². The zero-order valence-corrected chi connectivity index (χ0v) is 64.0. The van der Waals surface area contributed by atoms with Gasteiger partial charge in [0.15, 0.2) is 0 Å². The third-order valence-corrected chi connectivity index (χ3v) is 18.3. The van der Waals surface area contributed by atoms with Crippen LogP contribution in [0.2, 0.25) is 0 Å². The highest BCUT2D eigenvalue weighted by atomic mass is 16.6. The zero-order chi connectivity index (χ0) is 78.8. The first-order chi connectivity index (χ1) is 56.2. The molecule has 114 heavy (non-hydrogen) atoms. The first-order valence-electron chi connectivity index (χ1n) is 37.6. The van der Waals surface area contributed by atoms with Crippen LogP contribution in [0.15, 0.2) is 182 Å². The minimum absolute atomic E-state index is 0.0122. The summed E-state index contributed by atoms with van der Waals surface area (Å²) in [4.78, 5) is 68.7. The highest BCUT2D eigenvalue weighted by Crippen LogP contribution is 2.59. The number of hydrogen-bond donors (Lipinski definition) is 0. The van der Waals surface area contributed by atoms with Crippen molar-refractivity contribution in [1.82, 2.24) is 0 Å². The number of para-hydroxylation sites is 6. The smallest absolute Gasteiger partial charge is 0.266 e. The molecule has 0 unspecified atom stereocenters. The van der Waals surface area contributed by atoms with Gasteiger partial charge < -0.3 is 94.7 Å². The topological polar surface area (TPSA) is 259 Å². The summed E-state index contributed by atoms with van der Waals surface area (Å²) in [5.74, 6) is -0.961. The summed E-state index contributed by atoms with van der Waals surface area (Å²) < 4.78 is 122. The summed E-state index contributed by atoms with van der Waals surface area (Å²) in [5, 5.41) is 2.12. The maximum Gasteiger partial charge on any atom is 0.266 e. The summed E-state index contributed by atoms with van der Waals surface area (Å²) >= 11 is 0. The second kappa shape index (κ2) is 41.1. The quantitative estimate of drug-likeness (QED) is 0.0148. The van der Waals surface area contributed by atoms with E-state index in [1.165, 1.54) is 0 Å². The van der Waals surface area contributed by atoms with Gasteiger partial charge in [0.25, 0.3) is 23.6 Å². The number of anilines is 2. The molecule has 0 N–H and O–H groups in total. The van der Waals surface area contributed by atoms with E-state index in [2.05, 4.69) is 0 Å². The Morgan fingerprint density at radius 2 is 0.412 bits per heavy atom. The van der Waals surface area contributed by atoms with E-state index in [9.17, 15) is 0 Å². The van der Waals surface area contributed by atoms with Crippen molar-refractivity contribution in [1.29, 1.82) is 0 Å². The van der Waals surface area contributed by atoms with Gasteiger partial charge in [0, 0.05) is 71.5 Å². The molecule has 596 valence electrons. The molecule has 11 aromatic rings. The van der Waals surface area contributed by atoms with Crippen molar-refractivity contribution in [2.45, 2.75) is 0 Å². The van der Waals surface area contributed by atoms with Crippen LogP contribution in [0, 0.1) is 0 Å². The van der Waals surface area contributed by atoms with Crippen molar-refractivity contribution >= 4 is 78.1 Å². The third-order valence-electron chi connectivity index (χ3n) is 18.3. The van der Waals surface area contributed by atoms with Crippen LogP contribution in [0.25, 0.3) is 43.1 Å². The number of carbonyl (C=O) groups excluding carboxylic acids is 4. The predicted molar refractivity (Wildman–Crippen MR) is 425 cm³/mol. The molecule has 0 aliphatic carbocycles. The number of carbonyl (C=O) groups is 4. The number of nitrogens with zero attached hydrogens (tertiary/aromatic N) is 2. The number of imide groups is 2. The molecule has 0 spiro atoms. The van der Waals surface area contributed by atoms with E-state index < -0.39 is 23.6 Å². The molecule has 2 aliphatic heterocycles. The summed E-state index contributed by atoms with van der Waals surface area (Å²) in [6.07, 6.45) is 0. The van der Waals surface area contributed by atoms with E-state index in [0.717, 1.165) is 9.80 Å². The summed E-state index contributed by atoms with van der Waals surface area (Å²) in [5.41, 5.74) is 0.0222. The number of benzene rings is 11. The van der Waals surface area contributed by atoms with Crippen LogP contribution >= 0.6 is 0 Å². The number of amides is 4. The molecule has 0 fully saturated rings. The molecule has 2 heterocycles. The molecule has 0 saturated heterocycles. The lowest BCUT2D eigenvalue weighted by molar-refractivity contribution is 0.0175. The first kappa shape index (κ1) is 81.0. The van der Waals surface area contributed by atoms with Gasteiger partial charge in [0.1, 0.15) is 107 Å². The van der Waals surface area contributed by atoms with E-state index in [1.807, 2.05) is 72.8 Å². The molecule has 0 saturated carbocycles. The van der Waals surface area contributed by atoms with Crippen LogP contribution in [0.5, 0.6) is 69.0 Å². The van der Waals surface area contributed by atoms with Crippen molar-refractivity contribution in [3.8, 4) is 69.0 Å². The maximum absolute atomic E-state index is 16.6. The Kier molecular flexibility index (Phi) is 29.2. The average Bonchev–Trinajstić information content (AvgIpc) is 0.670. The molecule has 0 aromatic heterocycles. The van der Waals surface area contributed by atoms with Crippen molar-refractivity contribution in [3.63, 3.8) is 0 Å². The second-order valence-corrected chi connectivity index (χ2v) is 25.7. The van der Waals surface area contributed by atoms with E-state index in [1.54, 1.807) is 138 Å².